The van der Waals surface area contributed by atoms with Crippen LogP contribution in [0.25, 0.3) is 11.0 Å². The van der Waals surface area contributed by atoms with Crippen LogP contribution in [0.1, 0.15) is 26.7 Å². The molecule has 1 atom stereocenters. The number of benzene rings is 1. The van der Waals surface area contributed by atoms with E-state index in [9.17, 15) is 4.79 Å². The molecule has 0 saturated carbocycles. The van der Waals surface area contributed by atoms with Gasteiger partial charge < -0.3 is 10.3 Å². The van der Waals surface area contributed by atoms with Gasteiger partial charge in [0.2, 0.25) is 11.9 Å². The monoisotopic (exact) mass is 272 g/mol. The van der Waals surface area contributed by atoms with E-state index < -0.39 is 5.54 Å². The number of rotatable bonds is 3. The molecule has 0 aliphatic carbocycles. The Labute approximate surface area is 118 Å². The van der Waals surface area contributed by atoms with Crippen LogP contribution in [0.3, 0.4) is 0 Å². The molecular formula is C15H20N4O. The van der Waals surface area contributed by atoms with E-state index >= 15 is 0 Å². The molecule has 0 spiro atoms. The first kappa shape index (κ1) is 13.1. The van der Waals surface area contributed by atoms with Gasteiger partial charge in [0.1, 0.15) is 0 Å². The molecule has 1 amide bonds. The summed E-state index contributed by atoms with van der Waals surface area (Å²) in [5, 5.41) is 0. The van der Waals surface area contributed by atoms with E-state index in [1.807, 2.05) is 38.1 Å². The zero-order valence-corrected chi connectivity index (χ0v) is 12.0. The Morgan fingerprint density at radius 2 is 2.15 bits per heavy atom. The van der Waals surface area contributed by atoms with Crippen molar-refractivity contribution < 1.29 is 4.79 Å². The minimum Gasteiger partial charge on any atom is -0.318 e. The molecule has 5 heteroatoms. The number of fused-ring (bicyclic) bond motifs is 3. The normalized spacial score (nSPS) is 17.2. The fraction of sp³-hybridized carbons (Fsp3) is 0.467. The molecule has 0 radical (unpaired) electrons. The average Bonchev–Trinajstić information content (AvgIpc) is 2.96. The van der Waals surface area contributed by atoms with Crippen molar-refractivity contribution in [1.29, 1.82) is 0 Å². The smallest absolute Gasteiger partial charge is 0.249 e. The molecule has 5 nitrogen and oxygen atoms in total. The van der Waals surface area contributed by atoms with Crippen LogP contribution in [0, 0.1) is 0 Å². The summed E-state index contributed by atoms with van der Waals surface area (Å²) < 4.78 is 2.09. The highest BCUT2D eigenvalue weighted by Crippen LogP contribution is 2.29. The molecule has 2 N–H and O–H groups in total. The molecule has 0 fully saturated rings. The number of aromatic nitrogens is 2. The maximum atomic E-state index is 12.6. The van der Waals surface area contributed by atoms with E-state index in [1.165, 1.54) is 0 Å². The van der Waals surface area contributed by atoms with Gasteiger partial charge in [-0.05, 0) is 25.5 Å². The molecule has 1 aliphatic rings. The van der Waals surface area contributed by atoms with Crippen LogP contribution in [0.4, 0.5) is 5.95 Å². The number of nitrogens with zero attached hydrogens (tertiary/aromatic N) is 3. The number of carbonyl (C=O) groups excluding carboxylic acids is 1. The van der Waals surface area contributed by atoms with Crippen molar-refractivity contribution in [2.24, 2.45) is 5.73 Å². The standard InChI is InChI=1S/C15H20N4O/c1-3-8-15(2,16)13(20)19-10-9-18-12-7-5-4-6-11(12)17-14(18)19/h4-7H,3,8-10,16H2,1-2H3. The zero-order chi connectivity index (χ0) is 14.3. The van der Waals surface area contributed by atoms with Crippen molar-refractivity contribution in [3.05, 3.63) is 24.3 Å². The van der Waals surface area contributed by atoms with Crippen molar-refractivity contribution >= 4 is 22.9 Å². The number of amides is 1. The second-order valence-electron chi connectivity index (χ2n) is 5.68. The van der Waals surface area contributed by atoms with Gasteiger partial charge in [0.05, 0.1) is 16.6 Å². The molecule has 0 bridgehead atoms. The average molecular weight is 272 g/mol. The third kappa shape index (κ3) is 1.89. The maximum absolute atomic E-state index is 12.6. The lowest BCUT2D eigenvalue weighted by Crippen LogP contribution is -2.53. The van der Waals surface area contributed by atoms with Crippen molar-refractivity contribution in [1.82, 2.24) is 9.55 Å². The van der Waals surface area contributed by atoms with Crippen molar-refractivity contribution in [2.75, 3.05) is 11.4 Å². The lowest BCUT2D eigenvalue weighted by atomic mass is 9.96. The third-order valence-electron chi connectivity index (χ3n) is 3.93. The van der Waals surface area contributed by atoms with Crippen LogP contribution in [0.15, 0.2) is 24.3 Å². The van der Waals surface area contributed by atoms with Crippen molar-refractivity contribution in [2.45, 2.75) is 38.8 Å². The van der Waals surface area contributed by atoms with E-state index in [2.05, 4.69) is 9.55 Å². The van der Waals surface area contributed by atoms with Gasteiger partial charge in [-0.2, -0.15) is 0 Å². The van der Waals surface area contributed by atoms with Gasteiger partial charge in [0.15, 0.2) is 0 Å². The molecular weight excluding hydrogens is 252 g/mol. The molecule has 1 unspecified atom stereocenters. The van der Waals surface area contributed by atoms with E-state index in [4.69, 9.17) is 5.73 Å². The zero-order valence-electron chi connectivity index (χ0n) is 12.0. The molecule has 1 aromatic heterocycles. The highest BCUT2D eigenvalue weighted by molar-refractivity contribution is 6.00. The number of anilines is 1. The second kappa shape index (κ2) is 4.59. The molecule has 106 valence electrons. The summed E-state index contributed by atoms with van der Waals surface area (Å²) in [6.07, 6.45) is 1.57. The summed E-state index contributed by atoms with van der Waals surface area (Å²) in [4.78, 5) is 19.0. The predicted molar refractivity (Wildman–Crippen MR) is 79.6 cm³/mol. The van der Waals surface area contributed by atoms with Crippen LogP contribution < -0.4 is 10.6 Å². The Hall–Kier alpha value is -1.88. The quantitative estimate of drug-likeness (QED) is 0.928. The molecule has 20 heavy (non-hydrogen) atoms. The third-order valence-corrected chi connectivity index (χ3v) is 3.93. The lowest BCUT2D eigenvalue weighted by molar-refractivity contribution is -0.123. The number of hydrogen-bond donors (Lipinski definition) is 1. The number of nitrogens with two attached hydrogens (primary N) is 1. The van der Waals surface area contributed by atoms with Gasteiger partial charge in [-0.25, -0.2) is 4.98 Å². The van der Waals surface area contributed by atoms with Gasteiger partial charge in [0.25, 0.3) is 0 Å². The van der Waals surface area contributed by atoms with Crippen LogP contribution >= 0.6 is 0 Å². The van der Waals surface area contributed by atoms with E-state index in [0.29, 0.717) is 13.0 Å². The lowest BCUT2D eigenvalue weighted by Gasteiger charge is -2.27. The number of imidazole rings is 1. The molecule has 2 aromatic rings. The van der Waals surface area contributed by atoms with Gasteiger partial charge in [-0.1, -0.05) is 25.5 Å². The Balaban J connectivity index is 1.99. The van der Waals surface area contributed by atoms with Gasteiger partial charge in [-0.3, -0.25) is 9.69 Å². The molecule has 1 aliphatic heterocycles. The highest BCUT2D eigenvalue weighted by Gasteiger charge is 2.37. The van der Waals surface area contributed by atoms with Crippen LogP contribution in [-0.4, -0.2) is 27.5 Å². The minimum absolute atomic E-state index is 0.0339. The Bertz CT molecular complexity index is 659. The van der Waals surface area contributed by atoms with E-state index in [1.54, 1.807) is 4.90 Å². The molecule has 3 rings (SSSR count). The SMILES string of the molecule is CCCC(C)(N)C(=O)N1CCn2c1nc1ccccc12. The maximum Gasteiger partial charge on any atom is 0.249 e. The summed E-state index contributed by atoms with van der Waals surface area (Å²) >= 11 is 0. The molecule has 0 saturated heterocycles. The number of para-hydroxylation sites is 2. The Kier molecular flexibility index (Phi) is 3.01. The van der Waals surface area contributed by atoms with Crippen LogP contribution in [0.5, 0.6) is 0 Å². The number of hydrogen-bond acceptors (Lipinski definition) is 3. The largest absolute Gasteiger partial charge is 0.318 e. The fourth-order valence-corrected chi connectivity index (χ4v) is 2.92. The minimum atomic E-state index is -0.817. The Morgan fingerprint density at radius 1 is 1.40 bits per heavy atom. The van der Waals surface area contributed by atoms with E-state index in [0.717, 1.165) is 29.9 Å². The topological polar surface area (TPSA) is 64.2 Å². The molecule has 2 heterocycles. The second-order valence-corrected chi connectivity index (χ2v) is 5.68. The first-order valence-electron chi connectivity index (χ1n) is 7.10. The van der Waals surface area contributed by atoms with Gasteiger partial charge in [0, 0.05) is 13.1 Å². The van der Waals surface area contributed by atoms with Gasteiger partial charge in [-0.15, -0.1) is 0 Å². The first-order valence-corrected chi connectivity index (χ1v) is 7.10. The summed E-state index contributed by atoms with van der Waals surface area (Å²) in [6, 6.07) is 7.96. The van der Waals surface area contributed by atoms with E-state index in [-0.39, 0.29) is 5.91 Å². The fourth-order valence-electron chi connectivity index (χ4n) is 2.92. The number of carbonyl (C=O) groups is 1. The van der Waals surface area contributed by atoms with Gasteiger partial charge >= 0.3 is 0 Å². The van der Waals surface area contributed by atoms with Crippen molar-refractivity contribution in [3.8, 4) is 0 Å². The summed E-state index contributed by atoms with van der Waals surface area (Å²) in [5.74, 6) is 0.692. The molecule has 1 aromatic carbocycles. The first-order chi connectivity index (χ1) is 9.54. The predicted octanol–water partition coefficient (Wildman–Crippen LogP) is 1.90. The van der Waals surface area contributed by atoms with Crippen molar-refractivity contribution in [3.63, 3.8) is 0 Å². The Morgan fingerprint density at radius 3 is 2.90 bits per heavy atom. The highest BCUT2D eigenvalue weighted by atomic mass is 16.2. The summed E-state index contributed by atoms with van der Waals surface area (Å²) in [7, 11) is 0. The van der Waals surface area contributed by atoms with Crippen LogP contribution in [-0.2, 0) is 11.3 Å². The van der Waals surface area contributed by atoms with Crippen LogP contribution in [0.2, 0.25) is 0 Å². The summed E-state index contributed by atoms with van der Waals surface area (Å²) in [6.45, 7) is 5.29. The summed E-state index contributed by atoms with van der Waals surface area (Å²) in [5.41, 5.74) is 7.36.